The normalized spacial score (nSPS) is 40.2. The van der Waals surface area contributed by atoms with E-state index in [9.17, 15) is 5.11 Å². The first-order valence-electron chi connectivity index (χ1n) is 6.94. The molecule has 3 heterocycles. The Kier molecular flexibility index (Phi) is 4.08. The van der Waals surface area contributed by atoms with Gasteiger partial charge in [-0.2, -0.15) is 0 Å². The summed E-state index contributed by atoms with van der Waals surface area (Å²) in [5.41, 5.74) is 6.14. The molecule has 0 aromatic rings. The highest BCUT2D eigenvalue weighted by molar-refractivity contribution is 5.05. The molecule has 3 saturated heterocycles. The van der Waals surface area contributed by atoms with Crippen LogP contribution in [0.1, 0.15) is 33.1 Å². The highest BCUT2D eigenvalue weighted by Gasteiger charge is 2.46. The lowest BCUT2D eigenvalue weighted by Gasteiger charge is -2.54. The molecule has 0 aromatic heterocycles. The number of nitrogens with zero attached hydrogens (tertiary/aromatic N) is 1. The fourth-order valence-corrected chi connectivity index (χ4v) is 3.69. The third kappa shape index (κ3) is 2.81. The van der Waals surface area contributed by atoms with Crippen LogP contribution in [-0.4, -0.2) is 53.9 Å². The quantitative estimate of drug-likeness (QED) is 0.641. The van der Waals surface area contributed by atoms with E-state index in [0.717, 1.165) is 13.0 Å². The van der Waals surface area contributed by atoms with Crippen LogP contribution in [0, 0.1) is 5.92 Å². The molecule has 17 heavy (non-hydrogen) atoms. The van der Waals surface area contributed by atoms with Crippen molar-refractivity contribution in [2.24, 2.45) is 11.7 Å². The van der Waals surface area contributed by atoms with Crippen molar-refractivity contribution >= 4 is 0 Å². The third-order valence-corrected chi connectivity index (χ3v) is 4.47. The molecule has 0 spiro atoms. The van der Waals surface area contributed by atoms with E-state index in [1.165, 1.54) is 25.9 Å². The van der Waals surface area contributed by atoms with Gasteiger partial charge in [-0.3, -0.25) is 0 Å². The van der Waals surface area contributed by atoms with Crippen molar-refractivity contribution in [2.75, 3.05) is 26.2 Å². The van der Waals surface area contributed by atoms with Gasteiger partial charge in [0.15, 0.2) is 0 Å². The molecule has 3 rings (SSSR count). The number of piperidine rings is 3. The zero-order valence-electron chi connectivity index (χ0n) is 11.2. The number of aliphatic hydroxyl groups is 1. The second-order valence-electron chi connectivity index (χ2n) is 6.04. The van der Waals surface area contributed by atoms with Gasteiger partial charge in [0.1, 0.15) is 0 Å². The van der Waals surface area contributed by atoms with E-state index < -0.39 is 0 Å². The van der Waals surface area contributed by atoms with Gasteiger partial charge < -0.3 is 21.1 Å². The summed E-state index contributed by atoms with van der Waals surface area (Å²) in [5.74, 6) is 0.717. The Balaban J connectivity index is 1.99. The van der Waals surface area contributed by atoms with E-state index >= 15 is 0 Å². The largest absolute Gasteiger partial charge is 0.393 e. The van der Waals surface area contributed by atoms with Crippen molar-refractivity contribution in [1.82, 2.24) is 10.2 Å². The van der Waals surface area contributed by atoms with Crippen LogP contribution in [0.4, 0.5) is 0 Å². The van der Waals surface area contributed by atoms with E-state index in [-0.39, 0.29) is 11.6 Å². The van der Waals surface area contributed by atoms with Gasteiger partial charge in [0, 0.05) is 24.7 Å². The predicted octanol–water partition coefficient (Wildman–Crippen LogP) is 0.159. The van der Waals surface area contributed by atoms with Gasteiger partial charge in [0.25, 0.3) is 0 Å². The molecule has 0 aliphatic carbocycles. The molecule has 4 N–H and O–H groups in total. The van der Waals surface area contributed by atoms with Crippen LogP contribution in [0.15, 0.2) is 0 Å². The number of nitrogens with one attached hydrogen (secondary N) is 1. The Hall–Kier alpha value is -0.160. The maximum Gasteiger partial charge on any atom is 0.0526 e. The molecule has 4 heteroatoms. The number of fused-ring (bicyclic) bond motifs is 3. The third-order valence-electron chi connectivity index (χ3n) is 4.47. The summed E-state index contributed by atoms with van der Waals surface area (Å²) in [4.78, 5) is 2.52. The lowest BCUT2D eigenvalue weighted by molar-refractivity contribution is 0.00220. The molecule has 3 unspecified atom stereocenters. The van der Waals surface area contributed by atoms with Crippen LogP contribution in [0.2, 0.25) is 0 Å². The smallest absolute Gasteiger partial charge is 0.0526 e. The molecule has 4 nitrogen and oxygen atoms in total. The summed E-state index contributed by atoms with van der Waals surface area (Å²) in [5, 5.41) is 13.2. The van der Waals surface area contributed by atoms with Crippen molar-refractivity contribution in [2.45, 2.75) is 50.8 Å². The Bertz CT molecular complexity index is 251. The zero-order valence-corrected chi connectivity index (χ0v) is 11.2. The maximum atomic E-state index is 9.46. The minimum atomic E-state index is -0.242. The molecule has 2 bridgehead atoms. The van der Waals surface area contributed by atoms with Crippen molar-refractivity contribution in [3.63, 3.8) is 0 Å². The van der Waals surface area contributed by atoms with Crippen LogP contribution in [-0.2, 0) is 0 Å². The van der Waals surface area contributed by atoms with E-state index in [2.05, 4.69) is 17.1 Å². The second kappa shape index (κ2) is 5.22. The number of hydrogen-bond donors (Lipinski definition) is 3. The van der Waals surface area contributed by atoms with E-state index in [1.807, 2.05) is 6.92 Å². The first-order chi connectivity index (χ1) is 8.05. The van der Waals surface area contributed by atoms with E-state index in [4.69, 9.17) is 5.73 Å². The summed E-state index contributed by atoms with van der Waals surface area (Å²) in [6, 6.07) is 0.332. The lowest BCUT2D eigenvalue weighted by atomic mass is 9.72. The average Bonchev–Trinajstić information content (AvgIpc) is 2.29. The molecule has 3 aliphatic rings. The fraction of sp³-hybridized carbons (Fsp3) is 1.00. The second-order valence-corrected chi connectivity index (χ2v) is 6.04. The van der Waals surface area contributed by atoms with Gasteiger partial charge in [-0.05, 0) is 52.1 Å². The lowest BCUT2D eigenvalue weighted by Crippen LogP contribution is -2.70. The SMILES string of the molecule is CC(O)CC(C)NC1(CN)CN2CCC1CC2. The first-order valence-corrected chi connectivity index (χ1v) is 6.94. The molecule has 100 valence electrons. The molecular weight excluding hydrogens is 214 g/mol. The van der Waals surface area contributed by atoms with Gasteiger partial charge in [-0.1, -0.05) is 0 Å². The number of hydrogen-bond acceptors (Lipinski definition) is 4. The molecule has 3 aliphatic heterocycles. The van der Waals surface area contributed by atoms with Crippen LogP contribution in [0.5, 0.6) is 0 Å². The molecular formula is C13H27N3O. The number of aliphatic hydroxyl groups excluding tert-OH is 1. The maximum absolute atomic E-state index is 9.46. The van der Waals surface area contributed by atoms with Crippen LogP contribution in [0.3, 0.4) is 0 Å². The molecule has 0 saturated carbocycles. The van der Waals surface area contributed by atoms with Crippen LogP contribution in [0.25, 0.3) is 0 Å². The average molecular weight is 241 g/mol. The van der Waals surface area contributed by atoms with Crippen molar-refractivity contribution in [3.05, 3.63) is 0 Å². The van der Waals surface area contributed by atoms with Crippen molar-refractivity contribution in [3.8, 4) is 0 Å². The Morgan fingerprint density at radius 3 is 2.47 bits per heavy atom. The topological polar surface area (TPSA) is 61.5 Å². The van der Waals surface area contributed by atoms with Gasteiger partial charge in [-0.25, -0.2) is 0 Å². The number of nitrogens with two attached hydrogens (primary N) is 1. The van der Waals surface area contributed by atoms with Crippen molar-refractivity contribution < 1.29 is 5.11 Å². The van der Waals surface area contributed by atoms with E-state index in [0.29, 0.717) is 18.5 Å². The van der Waals surface area contributed by atoms with Gasteiger partial charge in [0.05, 0.1) is 6.10 Å². The van der Waals surface area contributed by atoms with Gasteiger partial charge >= 0.3 is 0 Å². The fourth-order valence-electron chi connectivity index (χ4n) is 3.69. The molecule has 0 radical (unpaired) electrons. The Morgan fingerprint density at radius 1 is 1.41 bits per heavy atom. The minimum absolute atomic E-state index is 0.0881. The molecule has 3 fully saturated rings. The summed E-state index contributed by atoms with van der Waals surface area (Å²) in [6.07, 6.45) is 3.10. The molecule has 0 amide bonds. The number of rotatable bonds is 5. The van der Waals surface area contributed by atoms with Gasteiger partial charge in [0.2, 0.25) is 0 Å². The summed E-state index contributed by atoms with van der Waals surface area (Å²) in [7, 11) is 0. The standard InChI is InChI=1S/C13H27N3O/c1-10(7-11(2)17)15-13(8-14)9-16-5-3-12(13)4-6-16/h10-12,15,17H,3-9,14H2,1-2H3. The molecule has 3 atom stereocenters. The van der Waals surface area contributed by atoms with Crippen LogP contribution >= 0.6 is 0 Å². The zero-order chi connectivity index (χ0) is 12.5. The summed E-state index contributed by atoms with van der Waals surface area (Å²) in [6.45, 7) is 8.26. The predicted molar refractivity (Wildman–Crippen MR) is 69.8 cm³/mol. The highest BCUT2D eigenvalue weighted by atomic mass is 16.3. The highest BCUT2D eigenvalue weighted by Crippen LogP contribution is 2.35. The van der Waals surface area contributed by atoms with Gasteiger partial charge in [-0.15, -0.1) is 0 Å². The Labute approximate surface area is 105 Å². The minimum Gasteiger partial charge on any atom is -0.393 e. The van der Waals surface area contributed by atoms with Crippen LogP contribution < -0.4 is 11.1 Å². The first kappa shape index (κ1) is 13.3. The van der Waals surface area contributed by atoms with Crippen molar-refractivity contribution in [1.29, 1.82) is 0 Å². The summed E-state index contributed by atoms with van der Waals surface area (Å²) >= 11 is 0. The Morgan fingerprint density at radius 2 is 2.06 bits per heavy atom. The molecule has 0 aromatic carbocycles. The monoisotopic (exact) mass is 241 g/mol. The van der Waals surface area contributed by atoms with E-state index in [1.54, 1.807) is 0 Å². The summed E-state index contributed by atoms with van der Waals surface area (Å²) < 4.78 is 0.